The van der Waals surface area contributed by atoms with Gasteiger partial charge in [0.25, 0.3) is 0 Å². The van der Waals surface area contributed by atoms with E-state index >= 15 is 0 Å². The van der Waals surface area contributed by atoms with Crippen molar-refractivity contribution in [3.8, 4) is 0 Å². The molecule has 0 aliphatic heterocycles. The maximum Gasteiger partial charge on any atom is 0.182 e. The Kier molecular flexibility index (Phi) is 5.44. The predicted molar refractivity (Wildman–Crippen MR) is 80.8 cm³/mol. The number of rotatable bonds is 7. The summed E-state index contributed by atoms with van der Waals surface area (Å²) in [7, 11) is 0. The summed E-state index contributed by atoms with van der Waals surface area (Å²) >= 11 is 0. The summed E-state index contributed by atoms with van der Waals surface area (Å²) in [5.74, 6) is 0.0880. The zero-order valence-electron chi connectivity index (χ0n) is 11.8. The standard InChI is InChI=1S/C17H20N2O/c1-14(13-15-7-3-2-4-8-15)18-12-10-17(20)16-9-5-6-11-19-16/h2-9,11,14,18H,10,12-13H2,1H3. The third kappa shape index (κ3) is 4.59. The Hall–Kier alpha value is -2.00. The first-order valence-electron chi connectivity index (χ1n) is 6.97. The normalized spacial score (nSPS) is 12.1. The van der Waals surface area contributed by atoms with Gasteiger partial charge in [-0.1, -0.05) is 36.4 Å². The van der Waals surface area contributed by atoms with E-state index < -0.39 is 0 Å². The number of carbonyl (C=O) groups excluding carboxylic acids is 1. The van der Waals surface area contributed by atoms with Crippen molar-refractivity contribution in [3.63, 3.8) is 0 Å². The lowest BCUT2D eigenvalue weighted by Gasteiger charge is -2.13. The van der Waals surface area contributed by atoms with E-state index in [4.69, 9.17) is 0 Å². The number of aromatic nitrogens is 1. The van der Waals surface area contributed by atoms with Gasteiger partial charge in [0.15, 0.2) is 5.78 Å². The van der Waals surface area contributed by atoms with Crippen LogP contribution in [0.1, 0.15) is 29.4 Å². The van der Waals surface area contributed by atoms with Crippen LogP contribution in [0, 0.1) is 0 Å². The van der Waals surface area contributed by atoms with Crippen molar-refractivity contribution < 1.29 is 4.79 Å². The molecule has 1 aromatic heterocycles. The van der Waals surface area contributed by atoms with E-state index in [1.54, 1.807) is 12.3 Å². The molecule has 1 heterocycles. The Balaban J connectivity index is 1.72. The molecule has 1 atom stereocenters. The van der Waals surface area contributed by atoms with Crippen LogP contribution < -0.4 is 5.32 Å². The van der Waals surface area contributed by atoms with Crippen LogP contribution >= 0.6 is 0 Å². The third-order valence-corrected chi connectivity index (χ3v) is 3.18. The van der Waals surface area contributed by atoms with E-state index in [1.807, 2.05) is 30.3 Å². The summed E-state index contributed by atoms with van der Waals surface area (Å²) in [6, 6.07) is 16.1. The van der Waals surface area contributed by atoms with Crippen LogP contribution in [0.3, 0.4) is 0 Å². The molecule has 1 unspecified atom stereocenters. The number of Topliss-reactive ketones (excluding diaryl/α,β-unsaturated/α-hetero) is 1. The zero-order chi connectivity index (χ0) is 14.2. The van der Waals surface area contributed by atoms with Crippen LogP contribution in [-0.4, -0.2) is 23.4 Å². The fourth-order valence-corrected chi connectivity index (χ4v) is 2.13. The van der Waals surface area contributed by atoms with Crippen LogP contribution in [-0.2, 0) is 6.42 Å². The number of nitrogens with one attached hydrogen (secondary N) is 1. The van der Waals surface area contributed by atoms with Gasteiger partial charge in [-0.3, -0.25) is 9.78 Å². The van der Waals surface area contributed by atoms with Crippen LogP contribution in [0.25, 0.3) is 0 Å². The number of benzene rings is 1. The van der Waals surface area contributed by atoms with Gasteiger partial charge in [0.1, 0.15) is 5.69 Å². The Morgan fingerprint density at radius 2 is 1.90 bits per heavy atom. The SMILES string of the molecule is CC(Cc1ccccc1)NCCC(=O)c1ccccn1. The Morgan fingerprint density at radius 3 is 2.60 bits per heavy atom. The Bertz CT molecular complexity index is 525. The maximum absolute atomic E-state index is 11.9. The molecular weight excluding hydrogens is 248 g/mol. The van der Waals surface area contributed by atoms with Crippen molar-refractivity contribution in [3.05, 3.63) is 66.0 Å². The van der Waals surface area contributed by atoms with Crippen molar-refractivity contribution >= 4 is 5.78 Å². The second-order valence-electron chi connectivity index (χ2n) is 4.93. The van der Waals surface area contributed by atoms with Crippen LogP contribution in [0.5, 0.6) is 0 Å². The van der Waals surface area contributed by atoms with Gasteiger partial charge < -0.3 is 5.32 Å². The number of hydrogen-bond donors (Lipinski definition) is 1. The maximum atomic E-state index is 11.9. The first-order chi connectivity index (χ1) is 9.75. The molecular formula is C17H20N2O. The van der Waals surface area contributed by atoms with Crippen LogP contribution in [0.4, 0.5) is 0 Å². The molecule has 2 aromatic rings. The van der Waals surface area contributed by atoms with Gasteiger partial charge >= 0.3 is 0 Å². The first kappa shape index (κ1) is 14.4. The number of nitrogens with zero attached hydrogens (tertiary/aromatic N) is 1. The highest BCUT2D eigenvalue weighted by atomic mass is 16.1. The van der Waals surface area contributed by atoms with E-state index in [0.717, 1.165) is 6.42 Å². The molecule has 20 heavy (non-hydrogen) atoms. The zero-order valence-corrected chi connectivity index (χ0v) is 11.8. The second kappa shape index (κ2) is 7.56. The fourth-order valence-electron chi connectivity index (χ4n) is 2.13. The molecule has 2 rings (SSSR count). The molecule has 1 N–H and O–H groups in total. The molecule has 0 radical (unpaired) electrons. The lowest BCUT2D eigenvalue weighted by Crippen LogP contribution is -2.30. The number of carbonyl (C=O) groups is 1. The van der Waals surface area contributed by atoms with Crippen molar-refractivity contribution in [2.24, 2.45) is 0 Å². The molecule has 0 saturated carbocycles. The molecule has 0 aliphatic rings. The van der Waals surface area contributed by atoms with E-state index in [-0.39, 0.29) is 5.78 Å². The third-order valence-electron chi connectivity index (χ3n) is 3.18. The average molecular weight is 268 g/mol. The molecule has 1 aromatic carbocycles. The summed E-state index contributed by atoms with van der Waals surface area (Å²) < 4.78 is 0. The highest BCUT2D eigenvalue weighted by Gasteiger charge is 2.07. The second-order valence-corrected chi connectivity index (χ2v) is 4.93. The Labute approximate surface area is 120 Å². The molecule has 0 saturated heterocycles. The van der Waals surface area contributed by atoms with Crippen molar-refractivity contribution in [2.75, 3.05) is 6.54 Å². The smallest absolute Gasteiger partial charge is 0.182 e. The average Bonchev–Trinajstić information content (AvgIpc) is 2.49. The summed E-state index contributed by atoms with van der Waals surface area (Å²) in [6.07, 6.45) is 3.10. The van der Waals surface area contributed by atoms with Gasteiger partial charge in [-0.05, 0) is 31.0 Å². The minimum Gasteiger partial charge on any atom is -0.313 e. The van der Waals surface area contributed by atoms with Crippen molar-refractivity contribution in [1.82, 2.24) is 10.3 Å². The van der Waals surface area contributed by atoms with Gasteiger partial charge in [0, 0.05) is 25.2 Å². The molecule has 3 heteroatoms. The molecule has 0 fully saturated rings. The van der Waals surface area contributed by atoms with Crippen LogP contribution in [0.2, 0.25) is 0 Å². The molecule has 0 bridgehead atoms. The van der Waals surface area contributed by atoms with E-state index in [0.29, 0.717) is 24.7 Å². The molecule has 104 valence electrons. The summed E-state index contributed by atoms with van der Waals surface area (Å²) in [5.41, 5.74) is 1.86. The number of ketones is 1. The summed E-state index contributed by atoms with van der Waals surface area (Å²) in [6.45, 7) is 2.82. The van der Waals surface area contributed by atoms with Gasteiger partial charge in [-0.25, -0.2) is 0 Å². The molecule has 0 aliphatic carbocycles. The lowest BCUT2D eigenvalue weighted by atomic mass is 10.1. The van der Waals surface area contributed by atoms with Gasteiger partial charge in [0.2, 0.25) is 0 Å². The van der Waals surface area contributed by atoms with Crippen molar-refractivity contribution in [2.45, 2.75) is 25.8 Å². The van der Waals surface area contributed by atoms with E-state index in [9.17, 15) is 4.79 Å². The van der Waals surface area contributed by atoms with Gasteiger partial charge in [-0.15, -0.1) is 0 Å². The predicted octanol–water partition coefficient (Wildman–Crippen LogP) is 2.88. The molecule has 3 nitrogen and oxygen atoms in total. The monoisotopic (exact) mass is 268 g/mol. The highest BCUT2D eigenvalue weighted by molar-refractivity contribution is 5.94. The minimum atomic E-state index is 0.0880. The summed E-state index contributed by atoms with van der Waals surface area (Å²) in [4.78, 5) is 15.9. The quantitative estimate of drug-likeness (QED) is 0.785. The van der Waals surface area contributed by atoms with Gasteiger partial charge in [-0.2, -0.15) is 0 Å². The van der Waals surface area contributed by atoms with E-state index in [1.165, 1.54) is 5.56 Å². The van der Waals surface area contributed by atoms with Crippen molar-refractivity contribution in [1.29, 1.82) is 0 Å². The molecule has 0 amide bonds. The first-order valence-corrected chi connectivity index (χ1v) is 6.97. The van der Waals surface area contributed by atoms with Crippen LogP contribution in [0.15, 0.2) is 54.7 Å². The largest absolute Gasteiger partial charge is 0.313 e. The number of pyridine rings is 1. The Morgan fingerprint density at radius 1 is 1.15 bits per heavy atom. The summed E-state index contributed by atoms with van der Waals surface area (Å²) in [5, 5.41) is 3.38. The number of hydrogen-bond acceptors (Lipinski definition) is 3. The topological polar surface area (TPSA) is 42.0 Å². The van der Waals surface area contributed by atoms with Gasteiger partial charge in [0.05, 0.1) is 0 Å². The lowest BCUT2D eigenvalue weighted by molar-refractivity contribution is 0.0977. The minimum absolute atomic E-state index is 0.0880. The molecule has 0 spiro atoms. The fraction of sp³-hybridized carbons (Fsp3) is 0.294. The van der Waals surface area contributed by atoms with E-state index in [2.05, 4.69) is 29.4 Å². The highest BCUT2D eigenvalue weighted by Crippen LogP contribution is 2.03.